The normalized spacial score (nSPS) is 9.42. The summed E-state index contributed by atoms with van der Waals surface area (Å²) in [5.41, 5.74) is 0. The fourth-order valence-electron chi connectivity index (χ4n) is 0.717. The molecule has 3 heteroatoms. The Hall–Kier alpha value is -1.02. The van der Waals surface area contributed by atoms with Crippen molar-refractivity contribution >= 4 is 11.6 Å². The van der Waals surface area contributed by atoms with Crippen LogP contribution >= 0.6 is 11.6 Å². The first kappa shape index (κ1) is 9.07. The Morgan fingerprint density at radius 1 is 1.58 bits per heavy atom. The molecule has 1 rings (SSSR count). The van der Waals surface area contributed by atoms with Crippen LogP contribution in [0.25, 0.3) is 0 Å². The molecule has 0 saturated heterocycles. The van der Waals surface area contributed by atoms with Crippen molar-refractivity contribution in [3.8, 4) is 5.88 Å². The van der Waals surface area contributed by atoms with Crippen LogP contribution in [0.3, 0.4) is 0 Å². The van der Waals surface area contributed by atoms with E-state index in [4.69, 9.17) is 16.3 Å². The third kappa shape index (κ3) is 2.93. The van der Waals surface area contributed by atoms with Gasteiger partial charge < -0.3 is 4.74 Å². The second-order valence-corrected chi connectivity index (χ2v) is 2.61. The summed E-state index contributed by atoms with van der Waals surface area (Å²) in [6.45, 7) is 4.18. The van der Waals surface area contributed by atoms with Gasteiger partial charge >= 0.3 is 0 Å². The van der Waals surface area contributed by atoms with E-state index in [0.29, 0.717) is 17.6 Å². The number of halogens is 1. The highest BCUT2D eigenvalue weighted by molar-refractivity contribution is 6.29. The van der Waals surface area contributed by atoms with Gasteiger partial charge in [-0.05, 0) is 12.5 Å². The average molecular weight is 184 g/mol. The number of hydrogen-bond donors (Lipinski definition) is 0. The zero-order valence-electron chi connectivity index (χ0n) is 6.66. The number of nitrogens with zero attached hydrogens (tertiary/aromatic N) is 1. The van der Waals surface area contributed by atoms with Crippen molar-refractivity contribution in [2.75, 3.05) is 6.61 Å². The second-order valence-electron chi connectivity index (χ2n) is 2.22. The topological polar surface area (TPSA) is 22.1 Å². The minimum Gasteiger partial charge on any atom is -0.477 e. The fraction of sp³-hybridized carbons (Fsp3) is 0.222. The quantitative estimate of drug-likeness (QED) is 0.407. The number of pyridine rings is 1. The molecule has 0 aliphatic rings. The van der Waals surface area contributed by atoms with Crippen LogP contribution in [0.15, 0.2) is 30.9 Å². The molecule has 0 aliphatic heterocycles. The molecule has 0 radical (unpaired) electrons. The molecule has 1 aromatic heterocycles. The summed E-state index contributed by atoms with van der Waals surface area (Å²) in [7, 11) is 0. The van der Waals surface area contributed by atoms with Gasteiger partial charge in [-0.15, -0.1) is 6.58 Å². The number of rotatable bonds is 4. The second kappa shape index (κ2) is 4.78. The van der Waals surface area contributed by atoms with Crippen LogP contribution in [0.4, 0.5) is 0 Å². The molecule has 2 nitrogen and oxygen atoms in total. The Labute approximate surface area is 76.8 Å². The monoisotopic (exact) mass is 183 g/mol. The molecule has 0 unspecified atom stereocenters. The van der Waals surface area contributed by atoms with E-state index in [0.717, 1.165) is 6.42 Å². The fourth-order valence-corrected chi connectivity index (χ4v) is 0.873. The molecule has 0 aliphatic carbocycles. The number of aromatic nitrogens is 1. The van der Waals surface area contributed by atoms with Crippen LogP contribution in [0.1, 0.15) is 6.42 Å². The SMILES string of the molecule is C=CCCOc1cccc(Cl)n1. The number of hydrogen-bond acceptors (Lipinski definition) is 2. The van der Waals surface area contributed by atoms with Crippen molar-refractivity contribution < 1.29 is 4.74 Å². The lowest BCUT2D eigenvalue weighted by atomic mass is 10.4. The zero-order chi connectivity index (χ0) is 8.81. The van der Waals surface area contributed by atoms with Gasteiger partial charge in [0.05, 0.1) is 6.61 Å². The van der Waals surface area contributed by atoms with E-state index in [1.807, 2.05) is 0 Å². The third-order valence-corrected chi connectivity index (χ3v) is 1.47. The van der Waals surface area contributed by atoms with Crippen molar-refractivity contribution in [3.05, 3.63) is 36.0 Å². The Kier molecular flexibility index (Phi) is 3.61. The van der Waals surface area contributed by atoms with Gasteiger partial charge in [0, 0.05) is 6.07 Å². The summed E-state index contributed by atoms with van der Waals surface area (Å²) < 4.78 is 5.26. The molecule has 0 atom stereocenters. The summed E-state index contributed by atoms with van der Waals surface area (Å²) in [6.07, 6.45) is 2.61. The van der Waals surface area contributed by atoms with Crippen molar-refractivity contribution in [2.45, 2.75) is 6.42 Å². The van der Waals surface area contributed by atoms with Crippen LogP contribution in [0.2, 0.25) is 5.15 Å². The van der Waals surface area contributed by atoms with Gasteiger partial charge in [-0.3, -0.25) is 0 Å². The van der Waals surface area contributed by atoms with Crippen LogP contribution in [0.5, 0.6) is 5.88 Å². The summed E-state index contributed by atoms with van der Waals surface area (Å²) >= 11 is 5.65. The molecular weight excluding hydrogens is 174 g/mol. The summed E-state index contributed by atoms with van der Waals surface area (Å²) in [5, 5.41) is 0.450. The summed E-state index contributed by atoms with van der Waals surface area (Å²) in [5.74, 6) is 0.560. The van der Waals surface area contributed by atoms with Gasteiger partial charge in [0.2, 0.25) is 5.88 Å². The van der Waals surface area contributed by atoms with E-state index in [9.17, 15) is 0 Å². The molecule has 12 heavy (non-hydrogen) atoms. The van der Waals surface area contributed by atoms with Crippen LogP contribution in [0, 0.1) is 0 Å². The van der Waals surface area contributed by atoms with Gasteiger partial charge in [0.25, 0.3) is 0 Å². The molecule has 0 fully saturated rings. The van der Waals surface area contributed by atoms with E-state index in [1.165, 1.54) is 0 Å². The standard InChI is InChI=1S/C9H10ClNO/c1-2-3-7-12-9-6-4-5-8(10)11-9/h2,4-6H,1,3,7H2. The number of ether oxygens (including phenoxy) is 1. The van der Waals surface area contributed by atoms with E-state index >= 15 is 0 Å². The first-order chi connectivity index (χ1) is 5.83. The molecule has 0 spiro atoms. The average Bonchev–Trinajstić information content (AvgIpc) is 2.05. The molecule has 1 heterocycles. The minimum absolute atomic E-state index is 0.450. The summed E-state index contributed by atoms with van der Waals surface area (Å²) in [6, 6.07) is 5.29. The van der Waals surface area contributed by atoms with Gasteiger partial charge in [0.1, 0.15) is 5.15 Å². The maximum Gasteiger partial charge on any atom is 0.214 e. The predicted molar refractivity (Wildman–Crippen MR) is 49.6 cm³/mol. The van der Waals surface area contributed by atoms with Gasteiger partial charge in [-0.1, -0.05) is 23.7 Å². The Morgan fingerprint density at radius 3 is 3.08 bits per heavy atom. The Morgan fingerprint density at radius 2 is 2.42 bits per heavy atom. The third-order valence-electron chi connectivity index (χ3n) is 1.26. The molecule has 0 amide bonds. The predicted octanol–water partition coefficient (Wildman–Crippen LogP) is 2.69. The Balaban J connectivity index is 2.46. The molecule has 0 bridgehead atoms. The summed E-state index contributed by atoms with van der Waals surface area (Å²) in [4.78, 5) is 3.95. The van der Waals surface area contributed by atoms with Gasteiger partial charge in [-0.25, -0.2) is 4.98 Å². The molecule has 1 aromatic rings. The van der Waals surface area contributed by atoms with Crippen molar-refractivity contribution in [2.24, 2.45) is 0 Å². The van der Waals surface area contributed by atoms with E-state index in [1.54, 1.807) is 24.3 Å². The lowest BCUT2D eigenvalue weighted by Crippen LogP contribution is -1.97. The van der Waals surface area contributed by atoms with Crippen molar-refractivity contribution in [1.29, 1.82) is 0 Å². The molecular formula is C9H10ClNO. The lowest BCUT2D eigenvalue weighted by Gasteiger charge is -2.02. The first-order valence-corrected chi connectivity index (χ1v) is 4.07. The Bertz CT molecular complexity index is 262. The molecule has 0 saturated carbocycles. The molecule has 0 aromatic carbocycles. The van der Waals surface area contributed by atoms with E-state index < -0.39 is 0 Å². The molecule has 64 valence electrons. The van der Waals surface area contributed by atoms with E-state index in [-0.39, 0.29) is 0 Å². The maximum atomic E-state index is 5.65. The highest BCUT2D eigenvalue weighted by Crippen LogP contribution is 2.11. The van der Waals surface area contributed by atoms with E-state index in [2.05, 4.69) is 11.6 Å². The smallest absolute Gasteiger partial charge is 0.214 e. The minimum atomic E-state index is 0.450. The largest absolute Gasteiger partial charge is 0.477 e. The van der Waals surface area contributed by atoms with Crippen molar-refractivity contribution in [1.82, 2.24) is 4.98 Å². The molecule has 0 N–H and O–H groups in total. The van der Waals surface area contributed by atoms with Gasteiger partial charge in [-0.2, -0.15) is 0 Å². The van der Waals surface area contributed by atoms with Crippen LogP contribution in [-0.2, 0) is 0 Å². The van der Waals surface area contributed by atoms with Gasteiger partial charge in [0.15, 0.2) is 0 Å². The maximum absolute atomic E-state index is 5.65. The highest BCUT2D eigenvalue weighted by Gasteiger charge is 1.94. The zero-order valence-corrected chi connectivity index (χ0v) is 7.42. The van der Waals surface area contributed by atoms with Crippen LogP contribution < -0.4 is 4.74 Å². The first-order valence-electron chi connectivity index (χ1n) is 3.69. The lowest BCUT2D eigenvalue weighted by molar-refractivity contribution is 0.312. The van der Waals surface area contributed by atoms with Crippen molar-refractivity contribution in [3.63, 3.8) is 0 Å². The van der Waals surface area contributed by atoms with Crippen LogP contribution in [-0.4, -0.2) is 11.6 Å². The highest BCUT2D eigenvalue weighted by atomic mass is 35.5.